The van der Waals surface area contributed by atoms with Crippen molar-refractivity contribution in [3.8, 4) is 0 Å². The molecule has 0 bridgehead atoms. The maximum Gasteiger partial charge on any atom is 0.328 e. The van der Waals surface area contributed by atoms with Gasteiger partial charge in [0.1, 0.15) is 0 Å². The average molecular weight is 434 g/mol. The van der Waals surface area contributed by atoms with Crippen molar-refractivity contribution in [2.24, 2.45) is 4.99 Å². The number of likely N-dealkylation sites (N-methyl/N-ethyl adjacent to an activating group) is 2. The lowest BCUT2D eigenvalue weighted by Gasteiger charge is -2.39. The van der Waals surface area contributed by atoms with Gasteiger partial charge in [-0.1, -0.05) is 60.7 Å². The normalized spacial score (nSPS) is 20.5. The Morgan fingerprint density at radius 2 is 1.56 bits per heavy atom. The summed E-state index contributed by atoms with van der Waals surface area (Å²) in [5.74, 6) is -0.577. The second kappa shape index (κ2) is 8.45. The zero-order chi connectivity index (χ0) is 22.9. The van der Waals surface area contributed by atoms with E-state index in [1.165, 1.54) is 18.3 Å². The van der Waals surface area contributed by atoms with Gasteiger partial charge in [-0.15, -0.1) is 0 Å². The first kappa shape index (κ1) is 21.5. The minimum atomic E-state index is -0.692. The summed E-state index contributed by atoms with van der Waals surface area (Å²) in [6.45, 7) is 2.47. The molecule has 0 radical (unpaired) electrons. The number of rotatable bonds is 6. The summed E-state index contributed by atoms with van der Waals surface area (Å²) >= 11 is 0. The number of fused-ring (bicyclic) bond motifs is 1. The summed E-state index contributed by atoms with van der Waals surface area (Å²) in [6.07, 6.45) is 0.876. The van der Waals surface area contributed by atoms with Crippen LogP contribution in [-0.2, 0) is 15.0 Å². The predicted molar refractivity (Wildman–Crippen MR) is 121 cm³/mol. The molecule has 8 heteroatoms. The number of nitrogens with one attached hydrogen (secondary N) is 1. The van der Waals surface area contributed by atoms with E-state index in [9.17, 15) is 14.4 Å². The Kier molecular flexibility index (Phi) is 5.69. The van der Waals surface area contributed by atoms with Gasteiger partial charge in [0.25, 0.3) is 5.91 Å². The monoisotopic (exact) mass is 433 g/mol. The van der Waals surface area contributed by atoms with Crippen molar-refractivity contribution >= 4 is 24.2 Å². The highest BCUT2D eigenvalue weighted by atomic mass is 16.2. The van der Waals surface area contributed by atoms with Crippen molar-refractivity contribution in [2.45, 2.75) is 24.5 Å². The Balaban J connectivity index is 1.48. The number of urea groups is 1. The lowest BCUT2D eigenvalue weighted by molar-refractivity contribution is -0.136. The summed E-state index contributed by atoms with van der Waals surface area (Å²) in [4.78, 5) is 46.1. The molecule has 4 amide bonds. The van der Waals surface area contributed by atoms with E-state index in [0.29, 0.717) is 6.54 Å². The lowest BCUT2D eigenvalue weighted by atomic mass is 9.76. The number of hydrogen-bond acceptors (Lipinski definition) is 5. The van der Waals surface area contributed by atoms with Crippen LogP contribution in [0.15, 0.2) is 65.7 Å². The largest absolute Gasteiger partial charge is 0.353 e. The molecule has 0 aliphatic carbocycles. The number of amides is 4. The second-order valence-corrected chi connectivity index (χ2v) is 8.43. The van der Waals surface area contributed by atoms with Gasteiger partial charge in [0.15, 0.2) is 12.2 Å². The number of benzene rings is 2. The van der Waals surface area contributed by atoms with E-state index < -0.39 is 23.7 Å². The number of carbonyl (C=O) groups excluding carboxylic acids is 3. The van der Waals surface area contributed by atoms with E-state index in [1.54, 1.807) is 11.9 Å². The van der Waals surface area contributed by atoms with Gasteiger partial charge in [0, 0.05) is 26.1 Å². The van der Waals surface area contributed by atoms with Crippen molar-refractivity contribution in [1.29, 1.82) is 0 Å². The first-order valence-electron chi connectivity index (χ1n) is 10.5. The van der Waals surface area contributed by atoms with Crippen LogP contribution in [0, 0.1) is 0 Å². The molecule has 2 heterocycles. The molecule has 2 aliphatic rings. The van der Waals surface area contributed by atoms with Crippen molar-refractivity contribution in [2.75, 3.05) is 27.2 Å². The molecule has 166 valence electrons. The van der Waals surface area contributed by atoms with Crippen LogP contribution in [0.2, 0.25) is 0 Å². The fourth-order valence-corrected chi connectivity index (χ4v) is 4.32. The van der Waals surface area contributed by atoms with Gasteiger partial charge in [0.05, 0.1) is 12.9 Å². The smallest absolute Gasteiger partial charge is 0.328 e. The summed E-state index contributed by atoms with van der Waals surface area (Å²) in [6, 6.07) is 19.0. The van der Waals surface area contributed by atoms with Gasteiger partial charge in [-0.05, 0) is 18.1 Å². The van der Waals surface area contributed by atoms with Crippen molar-refractivity contribution in [1.82, 2.24) is 20.0 Å². The molecule has 2 unspecified atom stereocenters. The fourth-order valence-electron chi connectivity index (χ4n) is 4.32. The summed E-state index contributed by atoms with van der Waals surface area (Å²) < 4.78 is 0. The molecule has 4 rings (SSSR count). The van der Waals surface area contributed by atoms with Crippen LogP contribution in [0.25, 0.3) is 0 Å². The van der Waals surface area contributed by atoms with Crippen LogP contribution < -0.4 is 5.32 Å². The Morgan fingerprint density at radius 1 is 1.00 bits per heavy atom. The third-order valence-corrected chi connectivity index (χ3v) is 6.36. The summed E-state index contributed by atoms with van der Waals surface area (Å²) in [5, 5.41) is 3.04. The Bertz CT molecular complexity index is 1000. The van der Waals surface area contributed by atoms with E-state index in [-0.39, 0.29) is 18.4 Å². The van der Waals surface area contributed by atoms with Gasteiger partial charge in [-0.3, -0.25) is 14.5 Å². The first-order chi connectivity index (χ1) is 15.3. The fraction of sp³-hybridized carbons (Fsp3) is 0.333. The third kappa shape index (κ3) is 3.72. The highest BCUT2D eigenvalue weighted by Crippen LogP contribution is 2.31. The van der Waals surface area contributed by atoms with Crippen LogP contribution in [-0.4, -0.2) is 78.3 Å². The van der Waals surface area contributed by atoms with E-state index in [1.807, 2.05) is 36.4 Å². The molecule has 0 aromatic heterocycles. The molecule has 0 saturated carbocycles. The van der Waals surface area contributed by atoms with E-state index >= 15 is 0 Å². The summed E-state index contributed by atoms with van der Waals surface area (Å²) in [5.41, 5.74) is 1.77. The topological polar surface area (TPSA) is 85.3 Å². The van der Waals surface area contributed by atoms with Gasteiger partial charge >= 0.3 is 6.03 Å². The number of carbonyl (C=O) groups is 3. The van der Waals surface area contributed by atoms with Gasteiger partial charge in [-0.2, -0.15) is 0 Å². The maximum atomic E-state index is 12.9. The van der Waals surface area contributed by atoms with Crippen LogP contribution in [0.1, 0.15) is 18.1 Å². The van der Waals surface area contributed by atoms with Crippen LogP contribution in [0.5, 0.6) is 0 Å². The lowest BCUT2D eigenvalue weighted by Crippen LogP contribution is -2.64. The quantitative estimate of drug-likeness (QED) is 0.751. The minimum Gasteiger partial charge on any atom is -0.353 e. The zero-order valence-corrected chi connectivity index (χ0v) is 18.4. The molecular formula is C24H27N5O3. The van der Waals surface area contributed by atoms with E-state index in [2.05, 4.69) is 41.5 Å². The molecular weight excluding hydrogens is 406 g/mol. The van der Waals surface area contributed by atoms with Gasteiger partial charge < -0.3 is 15.1 Å². The van der Waals surface area contributed by atoms with E-state index in [4.69, 9.17) is 0 Å². The molecule has 1 fully saturated rings. The SMILES string of the molecule is CN1C(=O)C2C(N=CN2CC(=O)NCC(C)(c2ccccc2)c2ccccc2)N(C)C1=O. The van der Waals surface area contributed by atoms with Crippen molar-refractivity contribution in [3.63, 3.8) is 0 Å². The average Bonchev–Trinajstić information content (AvgIpc) is 3.24. The van der Waals surface area contributed by atoms with Crippen molar-refractivity contribution in [3.05, 3.63) is 71.8 Å². The third-order valence-electron chi connectivity index (χ3n) is 6.36. The molecule has 32 heavy (non-hydrogen) atoms. The molecule has 2 atom stereocenters. The predicted octanol–water partition coefficient (Wildman–Crippen LogP) is 1.67. The number of aliphatic imine (C=N–C) groups is 1. The summed E-state index contributed by atoms with van der Waals surface area (Å²) in [7, 11) is 3.05. The first-order valence-corrected chi connectivity index (χ1v) is 10.5. The molecule has 8 nitrogen and oxygen atoms in total. The van der Waals surface area contributed by atoms with Gasteiger partial charge in [0.2, 0.25) is 5.91 Å². The Labute approximate surface area is 187 Å². The molecule has 2 aromatic carbocycles. The molecule has 1 saturated heterocycles. The van der Waals surface area contributed by atoms with E-state index in [0.717, 1.165) is 16.0 Å². The molecule has 1 N–H and O–H groups in total. The van der Waals surface area contributed by atoms with Crippen LogP contribution in [0.4, 0.5) is 4.79 Å². The van der Waals surface area contributed by atoms with Crippen molar-refractivity contribution < 1.29 is 14.4 Å². The number of nitrogens with zero attached hydrogens (tertiary/aromatic N) is 4. The molecule has 2 aromatic rings. The Morgan fingerprint density at radius 3 is 2.12 bits per heavy atom. The molecule has 0 spiro atoms. The number of hydrogen-bond donors (Lipinski definition) is 1. The Hall–Kier alpha value is -3.68. The standard InChI is InChI=1S/C24H27N5O3/c1-24(17-10-6-4-7-11-17,18-12-8-5-9-13-18)15-25-19(30)14-29-16-26-21-20(29)22(31)28(3)23(32)27(21)2/h4-13,16,20-21H,14-15H2,1-3H3,(H,25,30). The number of imide groups is 1. The van der Waals surface area contributed by atoms with Crippen LogP contribution in [0.3, 0.4) is 0 Å². The highest BCUT2D eigenvalue weighted by molar-refractivity contribution is 6.02. The maximum absolute atomic E-state index is 12.9. The molecule has 2 aliphatic heterocycles. The second-order valence-electron chi connectivity index (χ2n) is 8.43. The van der Waals surface area contributed by atoms with Gasteiger partial charge in [-0.25, -0.2) is 9.79 Å². The highest BCUT2D eigenvalue weighted by Gasteiger charge is 2.48. The zero-order valence-electron chi connectivity index (χ0n) is 18.4. The van der Waals surface area contributed by atoms with Crippen LogP contribution >= 0.6 is 0 Å². The minimum absolute atomic E-state index is 0.0219.